The zero-order valence-corrected chi connectivity index (χ0v) is 46.5. The molecule has 0 radical (unpaired) electrons. The fraction of sp³-hybridized carbons (Fsp3) is 0.712. The van der Waals surface area contributed by atoms with Crippen molar-refractivity contribution in [1.29, 1.82) is 0 Å². The number of hydrogen-bond donors (Lipinski definition) is 15. The number of fused-ring (bicyclic) bond motifs is 2. The van der Waals surface area contributed by atoms with E-state index in [0.29, 0.717) is 29.6 Å². The van der Waals surface area contributed by atoms with Crippen molar-refractivity contribution in [3.8, 4) is 5.75 Å². The third-order valence-electron chi connectivity index (χ3n) is 14.7. The lowest BCUT2D eigenvalue weighted by Gasteiger charge is -2.34. The fourth-order valence-corrected chi connectivity index (χ4v) is 10.0. The Morgan fingerprint density at radius 2 is 1.35 bits per heavy atom. The number of aliphatic hydroxyl groups is 8. The SMILES string of the molecule is CCC(C)CC(C)CCCCCCCCC(=O)N[C@H]1C[C@H](O)[C@H](O)NC(=O)[C@@H]2[C@@H](O)CCN2C(=O)[C@H]([C@H](O)CC(N)=O)NC(=O)[C@H]([C@H](O)[C@@H](O)c2ccc(OC(=O)C[NH3+])cc2)NC(=O)[C@@H]2C[C@@H](O)CN2C(=O)[C@H]([C@H](C)O)NC1=O.[Cl-]. The molecule has 28 heteroatoms. The molecule has 2 unspecified atom stereocenters. The first-order valence-corrected chi connectivity index (χ1v) is 27.2. The standard InChI is InChI=1S/C52H83N9O18.ClH/c1-5-26(2)20-27(3)12-10-8-6-7-9-11-13-38(68)55-32-22-36(66)48(74)59-50(76)43-34(64)18-19-60(43)52(78)41(35(65)23-37(54)67)57-49(75)42(45(71)44(70)29-14-16-31(17-15-29)79-39(69)24-53)58-47(73)33-21-30(63)25-61(33)51(77)40(28(4)62)56-46(32)72;/h14-17,26-28,30,32-36,40-45,48,62-66,70-71,74H,5-13,18-25,53H2,1-4H3,(H2,54,67)(H,55,68)(H,56,72)(H,57,75)(H,58,73)(H,59,76);1H/t26?,27?,28-,30+,32-,33-,34-,35+,36-,40-,41-,42-,43-,44-,45-,48-;/m0./s1. The molecule has 16 atom stereocenters. The van der Waals surface area contributed by atoms with Crippen LogP contribution in [0.4, 0.5) is 0 Å². The van der Waals surface area contributed by atoms with E-state index in [9.17, 15) is 84.0 Å². The molecule has 18 N–H and O–H groups in total. The summed E-state index contributed by atoms with van der Waals surface area (Å²) in [6, 6.07) is -7.28. The number of carbonyl (C=O) groups excluding carboxylic acids is 9. The number of hydrogen-bond acceptors (Lipinski definition) is 18. The molecule has 1 aromatic rings. The highest BCUT2D eigenvalue weighted by molar-refractivity contribution is 5.98. The predicted molar refractivity (Wildman–Crippen MR) is 277 cm³/mol. The molecule has 0 aliphatic carbocycles. The van der Waals surface area contributed by atoms with E-state index in [4.69, 9.17) is 10.5 Å². The molecule has 0 saturated carbocycles. The number of ether oxygens (including phenoxy) is 1. The maximum absolute atomic E-state index is 14.5. The van der Waals surface area contributed by atoms with E-state index in [-0.39, 0.29) is 43.1 Å². The largest absolute Gasteiger partial charge is 1.00 e. The van der Waals surface area contributed by atoms with Crippen molar-refractivity contribution in [3.05, 3.63) is 29.8 Å². The minimum Gasteiger partial charge on any atom is -1.00 e. The number of primary amides is 1. The molecular formula is C52H84ClN9O18. The van der Waals surface area contributed by atoms with Gasteiger partial charge in [-0.05, 0) is 55.7 Å². The lowest BCUT2D eigenvalue weighted by molar-refractivity contribution is -0.358. The summed E-state index contributed by atoms with van der Waals surface area (Å²) >= 11 is 0. The summed E-state index contributed by atoms with van der Waals surface area (Å²) in [5.41, 5.74) is 8.63. The second-order valence-corrected chi connectivity index (χ2v) is 21.3. The number of unbranched alkanes of at least 4 members (excludes halogenated alkanes) is 5. The lowest BCUT2D eigenvalue weighted by atomic mass is 9.91. The minimum absolute atomic E-state index is 0. The summed E-state index contributed by atoms with van der Waals surface area (Å²) < 4.78 is 5.09. The van der Waals surface area contributed by atoms with Gasteiger partial charge in [-0.1, -0.05) is 77.8 Å². The Balaban J connectivity index is 0.0000168. The Morgan fingerprint density at radius 3 is 1.96 bits per heavy atom. The molecule has 27 nitrogen and oxygen atoms in total. The van der Waals surface area contributed by atoms with Crippen LogP contribution in [-0.4, -0.2) is 203 Å². The summed E-state index contributed by atoms with van der Waals surface area (Å²) in [7, 11) is 0. The number of rotatable bonds is 22. The second kappa shape index (κ2) is 32.7. The van der Waals surface area contributed by atoms with Gasteiger partial charge in [-0.25, -0.2) is 4.79 Å². The molecule has 4 rings (SSSR count). The first-order valence-electron chi connectivity index (χ1n) is 27.2. The van der Waals surface area contributed by atoms with Crippen molar-refractivity contribution in [2.24, 2.45) is 17.6 Å². The zero-order valence-electron chi connectivity index (χ0n) is 45.8. The molecule has 3 aliphatic heterocycles. The molecular weight excluding hydrogens is 1070 g/mol. The van der Waals surface area contributed by atoms with Crippen LogP contribution in [0.15, 0.2) is 24.3 Å². The number of nitrogens with one attached hydrogen (secondary N) is 5. The first kappa shape index (κ1) is 68.7. The maximum Gasteiger partial charge on any atom is 0.366 e. The number of nitrogens with two attached hydrogens (primary N) is 1. The summed E-state index contributed by atoms with van der Waals surface area (Å²) in [6.45, 7) is 6.48. The number of nitrogens with zero attached hydrogens (tertiary/aromatic N) is 2. The normalized spacial score (nSPS) is 27.7. The molecule has 3 aliphatic rings. The van der Waals surface area contributed by atoms with E-state index in [1.165, 1.54) is 30.7 Å². The molecule has 0 aromatic heterocycles. The number of halogens is 1. The number of esters is 1. The molecule has 8 amide bonds. The summed E-state index contributed by atoms with van der Waals surface area (Å²) in [5, 5.41) is 101. The van der Waals surface area contributed by atoms with Crippen molar-refractivity contribution in [2.45, 2.75) is 203 Å². The maximum atomic E-state index is 14.5. The quantitative estimate of drug-likeness (QED) is 0.0291. The van der Waals surface area contributed by atoms with E-state index in [0.717, 1.165) is 50.3 Å². The topological polar surface area (TPSA) is 445 Å². The fourth-order valence-electron chi connectivity index (χ4n) is 10.0. The number of carbonyl (C=O) groups is 9. The summed E-state index contributed by atoms with van der Waals surface area (Å²) in [6.07, 6.45) is -10.5. The number of benzene rings is 1. The van der Waals surface area contributed by atoms with Gasteiger partial charge in [0.1, 0.15) is 60.3 Å². The monoisotopic (exact) mass is 1160 g/mol. The second-order valence-electron chi connectivity index (χ2n) is 21.3. The van der Waals surface area contributed by atoms with E-state index in [1.54, 1.807) is 0 Å². The van der Waals surface area contributed by atoms with Gasteiger partial charge >= 0.3 is 5.97 Å². The summed E-state index contributed by atoms with van der Waals surface area (Å²) in [4.78, 5) is 125. The zero-order chi connectivity index (χ0) is 58.8. The van der Waals surface area contributed by atoms with Crippen LogP contribution in [0.1, 0.15) is 129 Å². The van der Waals surface area contributed by atoms with Crippen LogP contribution < -0.4 is 55.2 Å². The van der Waals surface area contributed by atoms with Gasteiger partial charge in [-0.15, -0.1) is 0 Å². The van der Waals surface area contributed by atoms with E-state index in [2.05, 4.69) is 53.1 Å². The molecule has 0 spiro atoms. The Kier molecular flexibility index (Phi) is 28.1. The first-order chi connectivity index (χ1) is 37.3. The van der Waals surface area contributed by atoms with E-state index in [1.807, 2.05) is 0 Å². The smallest absolute Gasteiger partial charge is 0.366 e. The average Bonchev–Trinajstić information content (AvgIpc) is 3.99. The van der Waals surface area contributed by atoms with Crippen molar-refractivity contribution in [3.63, 3.8) is 0 Å². The number of quaternary nitrogens is 1. The molecule has 80 heavy (non-hydrogen) atoms. The minimum atomic E-state index is -2.40. The van der Waals surface area contributed by atoms with Gasteiger partial charge in [0.15, 0.2) is 12.8 Å². The van der Waals surface area contributed by atoms with Crippen molar-refractivity contribution >= 4 is 53.2 Å². The highest BCUT2D eigenvalue weighted by Gasteiger charge is 2.49. The Morgan fingerprint density at radius 1 is 0.750 bits per heavy atom. The Hall–Kier alpha value is -5.62. The van der Waals surface area contributed by atoms with Gasteiger partial charge in [0, 0.05) is 32.4 Å². The number of aliphatic hydroxyl groups excluding tert-OH is 8. The third kappa shape index (κ3) is 19.8. The van der Waals surface area contributed by atoms with Crippen LogP contribution in [0.2, 0.25) is 0 Å². The van der Waals surface area contributed by atoms with Crippen LogP contribution in [0.5, 0.6) is 5.75 Å². The van der Waals surface area contributed by atoms with E-state index < -0.39 is 171 Å². The van der Waals surface area contributed by atoms with E-state index >= 15 is 0 Å². The molecule has 0 bridgehead atoms. The summed E-state index contributed by atoms with van der Waals surface area (Å²) in [5.74, 6) is -9.17. The number of amides is 8. The molecule has 3 saturated heterocycles. The lowest BCUT2D eigenvalue weighted by Crippen LogP contribution is -3.00. The van der Waals surface area contributed by atoms with Gasteiger partial charge in [-0.2, -0.15) is 0 Å². The predicted octanol–water partition coefficient (Wildman–Crippen LogP) is -7.90. The Labute approximate surface area is 470 Å². The molecule has 3 fully saturated rings. The highest BCUT2D eigenvalue weighted by atomic mass is 35.5. The molecule has 1 aromatic carbocycles. The van der Waals surface area contributed by atoms with Crippen molar-refractivity contribution in [1.82, 2.24) is 36.4 Å². The third-order valence-corrected chi connectivity index (χ3v) is 14.7. The van der Waals surface area contributed by atoms with Crippen molar-refractivity contribution in [2.75, 3.05) is 19.6 Å². The van der Waals surface area contributed by atoms with Crippen LogP contribution in [0, 0.1) is 11.8 Å². The van der Waals surface area contributed by atoms with Crippen LogP contribution in [0.25, 0.3) is 0 Å². The van der Waals surface area contributed by atoms with Gasteiger partial charge in [0.25, 0.3) is 0 Å². The average molecular weight is 1160 g/mol. The van der Waals surface area contributed by atoms with Crippen LogP contribution in [0.3, 0.4) is 0 Å². The van der Waals surface area contributed by atoms with Crippen LogP contribution >= 0.6 is 0 Å². The Bertz CT molecular complexity index is 2250. The van der Waals surface area contributed by atoms with Crippen LogP contribution in [-0.2, 0) is 43.2 Å². The van der Waals surface area contributed by atoms with Gasteiger partial charge < -0.3 is 106 Å². The van der Waals surface area contributed by atoms with Gasteiger partial charge in [0.05, 0.1) is 30.8 Å². The molecule has 3 heterocycles. The highest BCUT2D eigenvalue weighted by Crippen LogP contribution is 2.27. The van der Waals surface area contributed by atoms with Crippen molar-refractivity contribution < 1.29 is 107 Å². The molecule has 452 valence electrons. The van der Waals surface area contributed by atoms with Gasteiger partial charge in [-0.3, -0.25) is 38.4 Å². The van der Waals surface area contributed by atoms with Gasteiger partial charge in [0.2, 0.25) is 47.3 Å².